The van der Waals surface area contributed by atoms with Gasteiger partial charge in [-0.1, -0.05) is 72.3 Å². The van der Waals surface area contributed by atoms with E-state index in [1.165, 1.54) is 35.5 Å². The third kappa shape index (κ3) is 9.64. The summed E-state index contributed by atoms with van der Waals surface area (Å²) < 4.78 is 19.7. The van der Waals surface area contributed by atoms with Gasteiger partial charge >= 0.3 is 0 Å². The molecule has 0 saturated heterocycles. The summed E-state index contributed by atoms with van der Waals surface area (Å²) in [5, 5.41) is 16.8. The van der Waals surface area contributed by atoms with Crippen molar-refractivity contribution in [2.75, 3.05) is 23.0 Å². The molecule has 4 aromatic carbocycles. The first-order valence-corrected chi connectivity index (χ1v) is 17.8. The Labute approximate surface area is 288 Å². The van der Waals surface area contributed by atoms with Gasteiger partial charge < -0.3 is 15.4 Å². The Balaban J connectivity index is 1.36. The van der Waals surface area contributed by atoms with Crippen LogP contribution in [0.3, 0.4) is 0 Å². The van der Waals surface area contributed by atoms with Crippen LogP contribution in [-0.4, -0.2) is 28.5 Å². The summed E-state index contributed by atoms with van der Waals surface area (Å²) >= 11 is 9.68. The van der Waals surface area contributed by atoms with E-state index in [0.717, 1.165) is 23.7 Å². The molecule has 2 N–H and O–H groups in total. The number of hydrogen-bond acceptors (Lipinski definition) is 7. The number of rotatable bonds is 15. The lowest BCUT2D eigenvalue weighted by molar-refractivity contribution is -0.116. The summed E-state index contributed by atoms with van der Waals surface area (Å²) in [5.74, 6) is 2.48. The normalized spacial score (nSPS) is 11.5. The molecule has 0 radical (unpaired) electrons. The second kappa shape index (κ2) is 17.1. The number of ether oxygens (including phenoxy) is 1. The number of nitriles is 1. The second-order valence-corrected chi connectivity index (χ2v) is 13.5. The summed E-state index contributed by atoms with van der Waals surface area (Å²) in [6.45, 7) is 2.26. The molecule has 0 bridgehead atoms. The Morgan fingerprint density at radius 2 is 1.74 bits per heavy atom. The first-order valence-electron chi connectivity index (χ1n) is 15.2. The molecule has 10 heteroatoms. The van der Waals surface area contributed by atoms with Gasteiger partial charge in [0.15, 0.2) is 0 Å². The molecule has 5 rings (SSSR count). The van der Waals surface area contributed by atoms with E-state index in [-0.39, 0.29) is 21.7 Å². The number of thioether (sulfide) groups is 2. The van der Waals surface area contributed by atoms with Crippen LogP contribution in [0.4, 0.5) is 21.5 Å². The Morgan fingerprint density at radius 3 is 2.43 bits per heavy atom. The monoisotopic (exact) mass is 684 g/mol. The number of halogens is 2. The summed E-state index contributed by atoms with van der Waals surface area (Å²) in [7, 11) is 0. The predicted molar refractivity (Wildman–Crippen MR) is 194 cm³/mol. The Bertz CT molecular complexity index is 1860. The van der Waals surface area contributed by atoms with Crippen molar-refractivity contribution in [2.45, 2.75) is 36.5 Å². The molecule has 0 fully saturated rings. The molecule has 0 spiro atoms. The molecule has 1 unspecified atom stereocenters. The third-order valence-electron chi connectivity index (χ3n) is 7.29. The minimum Gasteiger partial charge on any atom is -0.492 e. The van der Waals surface area contributed by atoms with Gasteiger partial charge in [-0.25, -0.2) is 4.39 Å². The first kappa shape index (κ1) is 34.1. The predicted octanol–water partition coefficient (Wildman–Crippen LogP) is 10.00. The quantitative estimate of drug-likeness (QED) is 0.106. The second-order valence-electron chi connectivity index (χ2n) is 10.7. The molecule has 1 atom stereocenters. The number of aromatic nitrogens is 1. The van der Waals surface area contributed by atoms with Crippen LogP contribution in [0.1, 0.15) is 36.5 Å². The van der Waals surface area contributed by atoms with Crippen molar-refractivity contribution in [3.63, 3.8) is 0 Å². The first-order chi connectivity index (χ1) is 22.9. The fourth-order valence-corrected chi connectivity index (χ4v) is 7.48. The standard InChI is InChI=1S/C37H34ClFN4O2S2/c1-2-45-35-20-33-30(37(27(21-40)22-41-33)42-28-13-14-32(39)31(38)17-28)19-34(35)43-36(44)18-29(47-24-26-11-7-4-8-12-26)15-16-46-23-25-9-5-3-6-10-25/h3-14,17,19-20,22,29H,2,15-16,18,23-24H2,1H3,(H,41,42)(H,43,44). The molecule has 1 heterocycles. The van der Waals surface area contributed by atoms with Crippen molar-refractivity contribution in [3.8, 4) is 11.8 Å². The maximum Gasteiger partial charge on any atom is 0.225 e. The van der Waals surface area contributed by atoms with E-state index in [2.05, 4.69) is 58.1 Å². The Kier molecular flexibility index (Phi) is 12.4. The highest BCUT2D eigenvalue weighted by Gasteiger charge is 2.19. The topological polar surface area (TPSA) is 87.0 Å². The van der Waals surface area contributed by atoms with E-state index in [0.29, 0.717) is 46.7 Å². The highest BCUT2D eigenvalue weighted by molar-refractivity contribution is 7.99. The van der Waals surface area contributed by atoms with Gasteiger partial charge in [0.1, 0.15) is 17.6 Å². The number of fused-ring (bicyclic) bond motifs is 1. The van der Waals surface area contributed by atoms with Crippen molar-refractivity contribution >= 4 is 69.0 Å². The Morgan fingerprint density at radius 1 is 1.02 bits per heavy atom. The van der Waals surface area contributed by atoms with Crippen LogP contribution in [0, 0.1) is 17.1 Å². The number of anilines is 3. The van der Waals surface area contributed by atoms with Gasteiger partial charge in [0.25, 0.3) is 0 Å². The highest BCUT2D eigenvalue weighted by Crippen LogP contribution is 2.37. The minimum absolute atomic E-state index is 0.0448. The van der Waals surface area contributed by atoms with E-state index in [1.807, 2.05) is 43.0 Å². The lowest BCUT2D eigenvalue weighted by atomic mass is 10.1. The molecule has 0 saturated carbocycles. The molecule has 1 aromatic heterocycles. The van der Waals surface area contributed by atoms with Crippen molar-refractivity contribution in [3.05, 3.63) is 125 Å². The molecular weight excluding hydrogens is 651 g/mol. The van der Waals surface area contributed by atoms with Crippen LogP contribution in [0.15, 0.2) is 97.2 Å². The molecule has 0 aliphatic rings. The van der Waals surface area contributed by atoms with Gasteiger partial charge in [-0.2, -0.15) is 28.8 Å². The van der Waals surface area contributed by atoms with E-state index in [1.54, 1.807) is 23.9 Å². The molecule has 6 nitrogen and oxygen atoms in total. The number of nitrogens with one attached hydrogen (secondary N) is 2. The van der Waals surface area contributed by atoms with Crippen LogP contribution in [0.2, 0.25) is 5.02 Å². The number of benzene rings is 4. The Hall–Kier alpha value is -4.23. The summed E-state index contributed by atoms with van der Waals surface area (Å²) in [5.41, 5.74) is 4.79. The van der Waals surface area contributed by atoms with Crippen LogP contribution in [0.5, 0.6) is 5.75 Å². The third-order valence-corrected chi connectivity index (χ3v) is 10.0. The van der Waals surface area contributed by atoms with E-state index in [9.17, 15) is 14.4 Å². The largest absolute Gasteiger partial charge is 0.492 e. The van der Waals surface area contributed by atoms with Crippen molar-refractivity contribution in [2.24, 2.45) is 0 Å². The number of carbonyl (C=O) groups is 1. The summed E-state index contributed by atoms with van der Waals surface area (Å²) in [6, 6.07) is 30.6. The maximum absolute atomic E-state index is 13.8. The molecule has 5 aromatic rings. The number of carbonyl (C=O) groups excluding carboxylic acids is 1. The molecular formula is C37H34ClFN4O2S2. The maximum atomic E-state index is 13.8. The fourth-order valence-electron chi connectivity index (χ4n) is 4.95. The average Bonchev–Trinajstić information content (AvgIpc) is 3.08. The molecule has 1 amide bonds. The van der Waals surface area contributed by atoms with Crippen LogP contribution < -0.4 is 15.4 Å². The zero-order chi connectivity index (χ0) is 33.0. The van der Waals surface area contributed by atoms with Crippen molar-refractivity contribution < 1.29 is 13.9 Å². The van der Waals surface area contributed by atoms with Gasteiger partial charge in [-0.15, -0.1) is 0 Å². The van der Waals surface area contributed by atoms with Crippen LogP contribution >= 0.6 is 35.1 Å². The highest BCUT2D eigenvalue weighted by atomic mass is 35.5. The van der Waals surface area contributed by atoms with Gasteiger partial charge in [0.05, 0.1) is 34.1 Å². The minimum atomic E-state index is -0.543. The van der Waals surface area contributed by atoms with Crippen LogP contribution in [0.25, 0.3) is 10.9 Å². The summed E-state index contributed by atoms with van der Waals surface area (Å²) in [6.07, 6.45) is 2.67. The number of hydrogen-bond donors (Lipinski definition) is 2. The zero-order valence-electron chi connectivity index (χ0n) is 25.8. The van der Waals surface area contributed by atoms with Crippen molar-refractivity contribution in [1.29, 1.82) is 5.26 Å². The average molecular weight is 685 g/mol. The van der Waals surface area contributed by atoms with E-state index in [4.69, 9.17) is 16.3 Å². The summed E-state index contributed by atoms with van der Waals surface area (Å²) in [4.78, 5) is 18.1. The SMILES string of the molecule is CCOc1cc2ncc(C#N)c(Nc3ccc(F)c(Cl)c3)c2cc1NC(=O)CC(CCSCc1ccccc1)SCc1ccccc1. The molecule has 0 aliphatic heterocycles. The van der Waals surface area contributed by atoms with E-state index < -0.39 is 5.82 Å². The lowest BCUT2D eigenvalue weighted by Gasteiger charge is -2.19. The number of amides is 1. The lowest BCUT2D eigenvalue weighted by Crippen LogP contribution is -2.19. The smallest absolute Gasteiger partial charge is 0.225 e. The number of nitrogens with zero attached hydrogens (tertiary/aromatic N) is 2. The van der Waals surface area contributed by atoms with Gasteiger partial charge in [-0.3, -0.25) is 9.78 Å². The van der Waals surface area contributed by atoms with Gasteiger partial charge in [-0.05, 0) is 54.5 Å². The van der Waals surface area contributed by atoms with Crippen molar-refractivity contribution in [1.82, 2.24) is 4.98 Å². The fraction of sp³-hybridized carbons (Fsp3) is 0.216. The number of pyridine rings is 1. The molecule has 240 valence electrons. The van der Waals surface area contributed by atoms with Crippen LogP contribution in [-0.2, 0) is 16.3 Å². The zero-order valence-corrected chi connectivity index (χ0v) is 28.2. The van der Waals surface area contributed by atoms with Gasteiger partial charge in [0.2, 0.25) is 5.91 Å². The van der Waals surface area contributed by atoms with Gasteiger partial charge in [0, 0.05) is 46.5 Å². The molecule has 47 heavy (non-hydrogen) atoms. The van der Waals surface area contributed by atoms with E-state index >= 15 is 0 Å². The molecule has 0 aliphatic carbocycles.